The fraction of sp³-hybridized carbons (Fsp3) is 0.500. The van der Waals surface area contributed by atoms with Crippen LogP contribution in [0.25, 0.3) is 0 Å². The Morgan fingerprint density at radius 1 is 0.762 bits per heavy atom. The number of hydrogen-bond acceptors (Lipinski definition) is 6. The summed E-state index contributed by atoms with van der Waals surface area (Å²) in [5.74, 6) is -3.33. The van der Waals surface area contributed by atoms with Crippen molar-refractivity contribution in [1.82, 2.24) is 0 Å². The van der Waals surface area contributed by atoms with Crippen molar-refractivity contribution in [3.8, 4) is 0 Å². The van der Waals surface area contributed by atoms with E-state index in [0.29, 0.717) is 6.54 Å². The minimum atomic E-state index is -0.833. The summed E-state index contributed by atoms with van der Waals surface area (Å²) in [6.07, 6.45) is 0. The van der Waals surface area contributed by atoms with Gasteiger partial charge in [0.2, 0.25) is 0 Å². The van der Waals surface area contributed by atoms with Crippen LogP contribution >= 0.6 is 0 Å². The van der Waals surface area contributed by atoms with Gasteiger partial charge in [0, 0.05) is 44.8 Å². The number of carbonyl (C=O) groups is 4. The van der Waals surface area contributed by atoms with Gasteiger partial charge in [0.15, 0.2) is 0 Å². The number of nitrogens with two attached hydrogens (primary N) is 2. The largest absolute Gasteiger partial charge is 0.482 e. The van der Waals surface area contributed by atoms with Gasteiger partial charge < -0.3 is 31.9 Å². The third-order valence-electron chi connectivity index (χ3n) is 0.136. The Morgan fingerprint density at radius 3 is 0.810 bits per heavy atom. The molecule has 0 aromatic rings. The Labute approximate surface area is 133 Å². The maximum absolute atomic E-state index is 9.00. The summed E-state index contributed by atoms with van der Waals surface area (Å²) < 4.78 is 0. The van der Waals surface area contributed by atoms with E-state index in [9.17, 15) is 0 Å². The zero-order chi connectivity index (χ0) is 17.7. The third kappa shape index (κ3) is 10500. The predicted octanol–water partition coefficient (Wildman–Crippen LogP) is -0.573. The molecule has 0 atom stereocenters. The molecule has 0 amide bonds. The number of carboxylic acid groups (broad SMARTS) is 4. The molecule has 11 heteroatoms. The van der Waals surface area contributed by atoms with Gasteiger partial charge in [0.05, 0.1) is 0 Å². The topological polar surface area (TPSA) is 201 Å². The average molecular weight is 355 g/mol. The molecule has 130 valence electrons. The van der Waals surface area contributed by atoms with Crippen molar-refractivity contribution in [3.05, 3.63) is 6.54 Å². The molecule has 0 saturated heterocycles. The zero-order valence-corrected chi connectivity index (χ0v) is 13.3. The standard InChI is InChI=1S/C2H7N2.4C2H4O2.Fe/c3-1-2-4;4*1-2(3)4;/h1H,2-4H2;4*1H3,(H,3,4);/q-1;;;;;. The van der Waals surface area contributed by atoms with E-state index in [1.807, 2.05) is 0 Å². The van der Waals surface area contributed by atoms with Crippen LogP contribution < -0.4 is 11.5 Å². The maximum Gasteiger partial charge on any atom is 0.300 e. The van der Waals surface area contributed by atoms with Gasteiger partial charge in [-0.1, -0.05) is 0 Å². The molecule has 0 aromatic carbocycles. The van der Waals surface area contributed by atoms with Crippen molar-refractivity contribution in [3.63, 3.8) is 0 Å². The molecular weight excluding hydrogens is 332 g/mol. The Hall–Kier alpha value is -1.68. The van der Waals surface area contributed by atoms with Crippen molar-refractivity contribution in [2.45, 2.75) is 27.7 Å². The third-order valence-corrected chi connectivity index (χ3v) is 0.136. The minimum Gasteiger partial charge on any atom is -0.482 e. The first-order chi connectivity index (χ1) is 8.84. The summed E-state index contributed by atoms with van der Waals surface area (Å²) in [6.45, 7) is 6.21. The first kappa shape index (κ1) is 36.5. The Morgan fingerprint density at radius 2 is 0.810 bits per heavy atom. The second kappa shape index (κ2) is 36.2. The van der Waals surface area contributed by atoms with Crippen LogP contribution in [0.5, 0.6) is 0 Å². The van der Waals surface area contributed by atoms with Crippen LogP contribution in [0.4, 0.5) is 0 Å². The van der Waals surface area contributed by atoms with Crippen LogP contribution in [-0.2, 0) is 36.2 Å². The SMILES string of the molecule is CC(=O)O.CC(=O)O.CC(=O)O.CC(=O)O.N[CH-]CN.[Fe]. The molecule has 0 bridgehead atoms. The molecule has 0 aliphatic heterocycles. The van der Waals surface area contributed by atoms with Crippen LogP contribution in [0.1, 0.15) is 27.7 Å². The molecule has 0 fully saturated rings. The molecular formula is C10H23FeN2O8-. The van der Waals surface area contributed by atoms with E-state index >= 15 is 0 Å². The van der Waals surface area contributed by atoms with Crippen LogP contribution in [0.2, 0.25) is 0 Å². The summed E-state index contributed by atoms with van der Waals surface area (Å²) >= 11 is 0. The monoisotopic (exact) mass is 355 g/mol. The van der Waals surface area contributed by atoms with Crippen LogP contribution in [0.3, 0.4) is 0 Å². The fourth-order valence-corrected chi connectivity index (χ4v) is 0. The quantitative estimate of drug-likeness (QED) is 0.261. The van der Waals surface area contributed by atoms with E-state index in [1.165, 1.54) is 6.54 Å². The van der Waals surface area contributed by atoms with Crippen molar-refractivity contribution in [2.24, 2.45) is 11.5 Å². The predicted molar refractivity (Wildman–Crippen MR) is 70.8 cm³/mol. The molecule has 0 saturated carbocycles. The van der Waals surface area contributed by atoms with Crippen LogP contribution in [-0.4, -0.2) is 50.8 Å². The molecule has 0 spiro atoms. The number of hydrogen-bond donors (Lipinski definition) is 6. The molecule has 0 radical (unpaired) electrons. The summed E-state index contributed by atoms with van der Waals surface area (Å²) in [4.78, 5) is 36.0. The normalized spacial score (nSPS) is 6.19. The van der Waals surface area contributed by atoms with Gasteiger partial charge in [0.1, 0.15) is 0 Å². The van der Waals surface area contributed by atoms with E-state index < -0.39 is 23.9 Å². The fourth-order valence-electron chi connectivity index (χ4n) is 0. The van der Waals surface area contributed by atoms with Crippen LogP contribution in [0.15, 0.2) is 0 Å². The van der Waals surface area contributed by atoms with Crippen molar-refractivity contribution >= 4 is 23.9 Å². The Bertz CT molecular complexity index is 195. The first-order valence-electron chi connectivity index (χ1n) is 4.86. The van der Waals surface area contributed by atoms with Gasteiger partial charge >= 0.3 is 0 Å². The van der Waals surface area contributed by atoms with Crippen molar-refractivity contribution < 1.29 is 56.7 Å². The van der Waals surface area contributed by atoms with Crippen molar-refractivity contribution in [2.75, 3.05) is 6.54 Å². The van der Waals surface area contributed by atoms with Gasteiger partial charge in [-0.2, -0.15) is 0 Å². The summed E-state index contributed by atoms with van der Waals surface area (Å²) in [6, 6.07) is 0. The molecule has 10 nitrogen and oxygen atoms in total. The summed E-state index contributed by atoms with van der Waals surface area (Å²) in [7, 11) is 0. The van der Waals surface area contributed by atoms with E-state index in [2.05, 4.69) is 0 Å². The molecule has 0 rings (SSSR count). The Kier molecular flexibility index (Phi) is 63.0. The molecule has 0 heterocycles. The second-order valence-corrected chi connectivity index (χ2v) is 2.55. The number of carboxylic acids is 4. The van der Waals surface area contributed by atoms with Crippen molar-refractivity contribution in [1.29, 1.82) is 0 Å². The van der Waals surface area contributed by atoms with E-state index in [4.69, 9.17) is 51.1 Å². The molecule has 0 aliphatic carbocycles. The zero-order valence-electron chi connectivity index (χ0n) is 12.2. The van der Waals surface area contributed by atoms with Gasteiger partial charge in [-0.3, -0.25) is 25.7 Å². The van der Waals surface area contributed by atoms with E-state index in [-0.39, 0.29) is 17.1 Å². The number of aliphatic carboxylic acids is 4. The molecule has 0 aliphatic rings. The van der Waals surface area contributed by atoms with Gasteiger partial charge in [0.25, 0.3) is 23.9 Å². The van der Waals surface area contributed by atoms with Gasteiger partial charge in [-0.15, -0.1) is 6.54 Å². The molecule has 0 aromatic heterocycles. The average Bonchev–Trinajstić information content (AvgIpc) is 2.13. The molecule has 21 heavy (non-hydrogen) atoms. The first-order valence-corrected chi connectivity index (χ1v) is 4.86. The summed E-state index contributed by atoms with van der Waals surface area (Å²) in [5, 5.41) is 29.7. The second-order valence-electron chi connectivity index (χ2n) is 2.55. The van der Waals surface area contributed by atoms with Crippen LogP contribution in [0, 0.1) is 6.54 Å². The minimum absolute atomic E-state index is 0. The van der Waals surface area contributed by atoms with Gasteiger partial charge in [-0.05, 0) is 0 Å². The van der Waals surface area contributed by atoms with E-state index in [1.54, 1.807) is 0 Å². The molecule has 0 unspecified atom stereocenters. The van der Waals surface area contributed by atoms with Gasteiger partial charge in [-0.25, -0.2) is 0 Å². The summed E-state index contributed by atoms with van der Waals surface area (Å²) in [5.41, 5.74) is 9.62. The number of rotatable bonds is 1. The maximum atomic E-state index is 9.00. The van der Waals surface area contributed by atoms with E-state index in [0.717, 1.165) is 27.7 Å². The molecule has 8 N–H and O–H groups in total. The smallest absolute Gasteiger partial charge is 0.300 e. The Balaban J connectivity index is -0.0000000331.